The summed E-state index contributed by atoms with van der Waals surface area (Å²) in [5.74, 6) is 0.376. The normalized spacial score (nSPS) is 18.6. The quantitative estimate of drug-likeness (QED) is 0.773. The lowest BCUT2D eigenvalue weighted by molar-refractivity contribution is 0.274. The molecule has 1 saturated carbocycles. The number of benzene rings is 1. The maximum atomic E-state index is 9.55. The van der Waals surface area contributed by atoms with Crippen LogP contribution in [0.1, 0.15) is 45.1 Å². The number of hydrogen-bond donors (Lipinski definition) is 2. The molecule has 1 atom stereocenters. The predicted molar refractivity (Wildman–Crippen MR) is 75.9 cm³/mol. The highest BCUT2D eigenvalue weighted by molar-refractivity contribution is 5.28. The van der Waals surface area contributed by atoms with Crippen molar-refractivity contribution in [2.45, 2.75) is 52.0 Å². The molecule has 2 rings (SSSR count). The van der Waals surface area contributed by atoms with Crippen LogP contribution < -0.4 is 5.32 Å². The molecule has 0 aromatic heterocycles. The van der Waals surface area contributed by atoms with Crippen molar-refractivity contribution in [1.29, 1.82) is 0 Å². The summed E-state index contributed by atoms with van der Waals surface area (Å²) in [4.78, 5) is 0. The number of phenols is 1. The molecule has 0 saturated heterocycles. The van der Waals surface area contributed by atoms with Gasteiger partial charge in [-0.25, -0.2) is 0 Å². The fourth-order valence-corrected chi connectivity index (χ4v) is 2.68. The van der Waals surface area contributed by atoms with Crippen molar-refractivity contribution in [3.8, 4) is 5.75 Å². The van der Waals surface area contributed by atoms with Crippen LogP contribution in [0.25, 0.3) is 0 Å². The molecule has 0 radical (unpaired) electrons. The second-order valence-electron chi connectivity index (χ2n) is 6.06. The van der Waals surface area contributed by atoms with E-state index in [1.165, 1.54) is 31.2 Å². The van der Waals surface area contributed by atoms with Gasteiger partial charge in [0.2, 0.25) is 0 Å². The molecule has 18 heavy (non-hydrogen) atoms. The Bertz CT molecular complexity index is 386. The first-order chi connectivity index (χ1) is 8.61. The average molecular weight is 247 g/mol. The number of nitrogens with one attached hydrogen (secondary N) is 1. The molecule has 0 aliphatic heterocycles. The van der Waals surface area contributed by atoms with Gasteiger partial charge in [-0.2, -0.15) is 0 Å². The van der Waals surface area contributed by atoms with Crippen LogP contribution in [0.15, 0.2) is 24.3 Å². The number of aromatic hydroxyl groups is 1. The molecule has 2 nitrogen and oxygen atoms in total. The first-order valence-electron chi connectivity index (χ1n) is 7.13. The summed E-state index contributed by atoms with van der Waals surface area (Å²) < 4.78 is 0. The van der Waals surface area contributed by atoms with Crippen molar-refractivity contribution in [2.75, 3.05) is 6.54 Å². The molecule has 1 unspecified atom stereocenters. The maximum absolute atomic E-state index is 9.55. The smallest absolute Gasteiger partial charge is 0.115 e. The van der Waals surface area contributed by atoms with Gasteiger partial charge in [0, 0.05) is 12.6 Å². The summed E-state index contributed by atoms with van der Waals surface area (Å²) in [5, 5.41) is 13.2. The van der Waals surface area contributed by atoms with Crippen molar-refractivity contribution in [2.24, 2.45) is 5.41 Å². The van der Waals surface area contributed by atoms with Gasteiger partial charge in [-0.1, -0.05) is 32.4 Å². The Balaban J connectivity index is 1.98. The SMILES string of the molecule is CCCC(C)(CNC1CC1)Cc1cccc(O)c1. The molecule has 0 spiro atoms. The van der Waals surface area contributed by atoms with E-state index >= 15 is 0 Å². The van der Waals surface area contributed by atoms with Gasteiger partial charge in [-0.3, -0.25) is 0 Å². The second kappa shape index (κ2) is 5.75. The van der Waals surface area contributed by atoms with E-state index in [-0.39, 0.29) is 0 Å². The minimum absolute atomic E-state index is 0.297. The van der Waals surface area contributed by atoms with E-state index in [0.29, 0.717) is 11.2 Å². The molecule has 1 aliphatic carbocycles. The first-order valence-corrected chi connectivity index (χ1v) is 7.13. The fourth-order valence-electron chi connectivity index (χ4n) is 2.68. The van der Waals surface area contributed by atoms with Gasteiger partial charge in [0.1, 0.15) is 5.75 Å². The van der Waals surface area contributed by atoms with Crippen LogP contribution in [0, 0.1) is 5.41 Å². The van der Waals surface area contributed by atoms with Gasteiger partial charge in [0.15, 0.2) is 0 Å². The lowest BCUT2D eigenvalue weighted by Crippen LogP contribution is -2.34. The largest absolute Gasteiger partial charge is 0.508 e. The highest BCUT2D eigenvalue weighted by atomic mass is 16.3. The molecular weight excluding hydrogens is 222 g/mol. The van der Waals surface area contributed by atoms with Crippen LogP contribution in [0.4, 0.5) is 0 Å². The maximum Gasteiger partial charge on any atom is 0.115 e. The summed E-state index contributed by atoms with van der Waals surface area (Å²) in [5.41, 5.74) is 1.54. The monoisotopic (exact) mass is 247 g/mol. The summed E-state index contributed by atoms with van der Waals surface area (Å²) in [6.45, 7) is 5.69. The zero-order valence-corrected chi connectivity index (χ0v) is 11.6. The molecule has 0 bridgehead atoms. The predicted octanol–water partition coefficient (Wildman–Crippen LogP) is 3.49. The molecule has 1 fully saturated rings. The zero-order chi connectivity index (χ0) is 13.0. The molecule has 2 N–H and O–H groups in total. The van der Waals surface area contributed by atoms with Crippen LogP contribution in [0.3, 0.4) is 0 Å². The molecule has 1 aliphatic rings. The Morgan fingerprint density at radius 2 is 2.17 bits per heavy atom. The molecule has 2 heteroatoms. The van der Waals surface area contributed by atoms with Crippen LogP contribution >= 0.6 is 0 Å². The first kappa shape index (κ1) is 13.4. The van der Waals surface area contributed by atoms with Gasteiger partial charge in [-0.15, -0.1) is 0 Å². The van der Waals surface area contributed by atoms with Gasteiger partial charge < -0.3 is 10.4 Å². The van der Waals surface area contributed by atoms with E-state index in [1.807, 2.05) is 12.1 Å². The summed E-state index contributed by atoms with van der Waals surface area (Å²) in [6, 6.07) is 8.45. The van der Waals surface area contributed by atoms with E-state index in [4.69, 9.17) is 0 Å². The topological polar surface area (TPSA) is 32.3 Å². The molecule has 0 amide bonds. The van der Waals surface area contributed by atoms with Gasteiger partial charge in [0.05, 0.1) is 0 Å². The van der Waals surface area contributed by atoms with Crippen LogP contribution in [-0.2, 0) is 6.42 Å². The summed E-state index contributed by atoms with van der Waals surface area (Å²) in [6.07, 6.45) is 6.15. The highest BCUT2D eigenvalue weighted by Crippen LogP contribution is 2.30. The van der Waals surface area contributed by atoms with E-state index < -0.39 is 0 Å². The van der Waals surface area contributed by atoms with Gasteiger partial charge >= 0.3 is 0 Å². The number of hydrogen-bond acceptors (Lipinski definition) is 2. The summed E-state index contributed by atoms with van der Waals surface area (Å²) >= 11 is 0. The molecular formula is C16H25NO. The third-order valence-electron chi connectivity index (χ3n) is 3.79. The molecule has 1 aromatic rings. The van der Waals surface area contributed by atoms with E-state index in [0.717, 1.165) is 19.0 Å². The number of phenolic OH excluding ortho intramolecular Hbond substituents is 1. The van der Waals surface area contributed by atoms with Crippen molar-refractivity contribution in [1.82, 2.24) is 5.32 Å². The molecule has 0 heterocycles. The lowest BCUT2D eigenvalue weighted by Gasteiger charge is -2.30. The Labute approximate surface area is 110 Å². The van der Waals surface area contributed by atoms with Crippen molar-refractivity contribution in [3.63, 3.8) is 0 Å². The highest BCUT2D eigenvalue weighted by Gasteiger charge is 2.28. The fraction of sp³-hybridized carbons (Fsp3) is 0.625. The van der Waals surface area contributed by atoms with E-state index in [2.05, 4.69) is 25.2 Å². The zero-order valence-electron chi connectivity index (χ0n) is 11.6. The number of rotatable bonds is 7. The Morgan fingerprint density at radius 1 is 1.39 bits per heavy atom. The van der Waals surface area contributed by atoms with E-state index in [9.17, 15) is 5.11 Å². The standard InChI is InChI=1S/C16H25NO/c1-3-9-16(2,12-17-14-7-8-14)11-13-5-4-6-15(18)10-13/h4-6,10,14,17-18H,3,7-9,11-12H2,1-2H3. The Kier molecular flexibility index (Phi) is 4.28. The van der Waals surface area contributed by atoms with Crippen LogP contribution in [0.2, 0.25) is 0 Å². The van der Waals surface area contributed by atoms with Crippen molar-refractivity contribution < 1.29 is 5.11 Å². The third kappa shape index (κ3) is 4.02. The Morgan fingerprint density at radius 3 is 2.78 bits per heavy atom. The van der Waals surface area contributed by atoms with E-state index in [1.54, 1.807) is 6.07 Å². The van der Waals surface area contributed by atoms with Crippen LogP contribution in [-0.4, -0.2) is 17.7 Å². The lowest BCUT2D eigenvalue weighted by atomic mass is 9.79. The second-order valence-corrected chi connectivity index (χ2v) is 6.06. The summed E-state index contributed by atoms with van der Waals surface area (Å²) in [7, 11) is 0. The van der Waals surface area contributed by atoms with Gasteiger partial charge in [-0.05, 0) is 48.8 Å². The average Bonchev–Trinajstić information content (AvgIpc) is 3.10. The van der Waals surface area contributed by atoms with Crippen molar-refractivity contribution >= 4 is 0 Å². The van der Waals surface area contributed by atoms with Crippen molar-refractivity contribution in [3.05, 3.63) is 29.8 Å². The molecule has 100 valence electrons. The molecule has 1 aromatic carbocycles. The Hall–Kier alpha value is -1.02. The minimum atomic E-state index is 0.297. The minimum Gasteiger partial charge on any atom is -0.508 e. The van der Waals surface area contributed by atoms with Crippen LogP contribution in [0.5, 0.6) is 5.75 Å². The third-order valence-corrected chi connectivity index (χ3v) is 3.79. The van der Waals surface area contributed by atoms with Gasteiger partial charge in [0.25, 0.3) is 0 Å².